The van der Waals surface area contributed by atoms with Gasteiger partial charge < -0.3 is 5.73 Å². The first-order valence-electron chi connectivity index (χ1n) is 7.06. The van der Waals surface area contributed by atoms with E-state index in [0.29, 0.717) is 0 Å². The Kier molecular flexibility index (Phi) is 4.24. The van der Waals surface area contributed by atoms with Crippen LogP contribution in [0, 0.1) is 19.7 Å². The van der Waals surface area contributed by atoms with Crippen LogP contribution in [0.5, 0.6) is 0 Å². The molecule has 106 valence electrons. The van der Waals surface area contributed by atoms with Crippen molar-refractivity contribution >= 4 is 0 Å². The smallest absolute Gasteiger partial charge is 0.123 e. The molecule has 1 nitrogen and oxygen atoms in total. The van der Waals surface area contributed by atoms with Crippen molar-refractivity contribution in [3.63, 3.8) is 0 Å². The molecular weight excluding hydrogens is 249 g/mol. The predicted octanol–water partition coefficient (Wildman–Crippen LogP) is 4.25. The quantitative estimate of drug-likeness (QED) is 0.884. The van der Waals surface area contributed by atoms with Gasteiger partial charge in [-0.2, -0.15) is 0 Å². The Hall–Kier alpha value is -1.67. The highest BCUT2D eigenvalue weighted by Gasteiger charge is 2.27. The highest BCUT2D eigenvalue weighted by atomic mass is 19.1. The average molecular weight is 271 g/mol. The van der Waals surface area contributed by atoms with Gasteiger partial charge in [0.25, 0.3) is 0 Å². The molecule has 0 aliphatic rings. The summed E-state index contributed by atoms with van der Waals surface area (Å²) < 4.78 is 13.5. The van der Waals surface area contributed by atoms with Crippen molar-refractivity contribution in [2.24, 2.45) is 5.73 Å². The zero-order valence-corrected chi connectivity index (χ0v) is 12.4. The van der Waals surface area contributed by atoms with Gasteiger partial charge in [-0.3, -0.25) is 0 Å². The van der Waals surface area contributed by atoms with Crippen molar-refractivity contribution in [2.45, 2.75) is 39.2 Å². The lowest BCUT2D eigenvalue weighted by atomic mass is 9.80. The van der Waals surface area contributed by atoms with Crippen LogP contribution >= 0.6 is 0 Å². The van der Waals surface area contributed by atoms with Gasteiger partial charge in [-0.1, -0.05) is 37.3 Å². The van der Waals surface area contributed by atoms with Crippen molar-refractivity contribution in [3.05, 3.63) is 70.5 Å². The highest BCUT2D eigenvalue weighted by molar-refractivity contribution is 5.37. The van der Waals surface area contributed by atoms with Crippen molar-refractivity contribution in [3.8, 4) is 0 Å². The fourth-order valence-corrected chi connectivity index (χ4v) is 2.67. The number of halogens is 1. The van der Waals surface area contributed by atoms with Crippen LogP contribution in [-0.4, -0.2) is 0 Å². The molecule has 0 aliphatic heterocycles. The van der Waals surface area contributed by atoms with Gasteiger partial charge in [0, 0.05) is 5.54 Å². The Morgan fingerprint density at radius 3 is 2.20 bits per heavy atom. The standard InChI is InChI=1S/C18H22FN/c1-4-18(20,15-9-6-10-16(19)11-15)12-17-13(2)7-5-8-14(17)3/h5-11H,4,12,20H2,1-3H3. The molecule has 0 saturated heterocycles. The second-order valence-corrected chi connectivity index (χ2v) is 5.57. The third-order valence-corrected chi connectivity index (χ3v) is 4.17. The Morgan fingerprint density at radius 1 is 1.05 bits per heavy atom. The van der Waals surface area contributed by atoms with E-state index in [-0.39, 0.29) is 5.82 Å². The first-order chi connectivity index (χ1) is 9.46. The number of hydrogen-bond acceptors (Lipinski definition) is 1. The van der Waals surface area contributed by atoms with Gasteiger partial charge in [0.05, 0.1) is 0 Å². The van der Waals surface area contributed by atoms with E-state index in [1.165, 1.54) is 22.8 Å². The summed E-state index contributed by atoms with van der Waals surface area (Å²) in [5.74, 6) is -0.229. The van der Waals surface area contributed by atoms with Crippen molar-refractivity contribution in [1.82, 2.24) is 0 Å². The molecule has 0 radical (unpaired) electrons. The molecule has 2 aromatic rings. The number of rotatable bonds is 4. The van der Waals surface area contributed by atoms with Gasteiger partial charge in [-0.25, -0.2) is 4.39 Å². The van der Waals surface area contributed by atoms with Crippen LogP contribution in [0.4, 0.5) is 4.39 Å². The first-order valence-corrected chi connectivity index (χ1v) is 7.06. The molecule has 0 amide bonds. The van der Waals surface area contributed by atoms with E-state index >= 15 is 0 Å². The molecule has 1 atom stereocenters. The summed E-state index contributed by atoms with van der Waals surface area (Å²) in [6, 6.07) is 12.9. The van der Waals surface area contributed by atoms with Crippen LogP contribution in [0.1, 0.15) is 35.6 Å². The lowest BCUT2D eigenvalue weighted by Crippen LogP contribution is -2.38. The summed E-state index contributed by atoms with van der Waals surface area (Å²) in [5, 5.41) is 0. The topological polar surface area (TPSA) is 26.0 Å². The van der Waals surface area contributed by atoms with Crippen LogP contribution in [0.3, 0.4) is 0 Å². The second-order valence-electron chi connectivity index (χ2n) is 5.57. The lowest BCUT2D eigenvalue weighted by molar-refractivity contribution is 0.420. The normalized spacial score (nSPS) is 14.1. The van der Waals surface area contributed by atoms with Gasteiger partial charge in [0.2, 0.25) is 0 Å². The molecular formula is C18H22FN. The number of hydrogen-bond donors (Lipinski definition) is 1. The maximum absolute atomic E-state index is 13.5. The van der Waals surface area contributed by atoms with Crippen LogP contribution in [0.2, 0.25) is 0 Å². The summed E-state index contributed by atoms with van der Waals surface area (Å²) in [6.07, 6.45) is 1.50. The maximum Gasteiger partial charge on any atom is 0.123 e. The zero-order valence-electron chi connectivity index (χ0n) is 12.4. The molecule has 0 fully saturated rings. The molecule has 2 rings (SSSR count). The molecule has 2 N–H and O–H groups in total. The van der Waals surface area contributed by atoms with E-state index in [1.54, 1.807) is 12.1 Å². The molecule has 0 saturated carbocycles. The van der Waals surface area contributed by atoms with E-state index in [9.17, 15) is 4.39 Å². The van der Waals surface area contributed by atoms with Crippen molar-refractivity contribution in [2.75, 3.05) is 0 Å². The first kappa shape index (κ1) is 14.7. The van der Waals surface area contributed by atoms with Crippen LogP contribution in [0.25, 0.3) is 0 Å². The molecule has 20 heavy (non-hydrogen) atoms. The fourth-order valence-electron chi connectivity index (χ4n) is 2.67. The maximum atomic E-state index is 13.5. The van der Waals surface area contributed by atoms with E-state index in [1.807, 2.05) is 6.07 Å². The second kappa shape index (κ2) is 5.76. The summed E-state index contributed by atoms with van der Waals surface area (Å²) in [4.78, 5) is 0. The minimum atomic E-state index is -0.529. The molecule has 2 heteroatoms. The molecule has 1 unspecified atom stereocenters. The minimum Gasteiger partial charge on any atom is -0.321 e. The average Bonchev–Trinajstić information content (AvgIpc) is 2.43. The molecule has 2 aromatic carbocycles. The monoisotopic (exact) mass is 271 g/mol. The Morgan fingerprint density at radius 2 is 1.65 bits per heavy atom. The van der Waals surface area contributed by atoms with Crippen LogP contribution in [0.15, 0.2) is 42.5 Å². The van der Waals surface area contributed by atoms with Gasteiger partial charge >= 0.3 is 0 Å². The zero-order chi connectivity index (χ0) is 14.8. The van der Waals surface area contributed by atoms with Gasteiger partial charge in [-0.15, -0.1) is 0 Å². The lowest BCUT2D eigenvalue weighted by Gasteiger charge is -2.30. The fraction of sp³-hybridized carbons (Fsp3) is 0.333. The van der Waals surface area contributed by atoms with Gasteiger partial charge in [0.1, 0.15) is 5.82 Å². The minimum absolute atomic E-state index is 0.229. The Balaban J connectivity index is 2.42. The molecule has 0 aliphatic carbocycles. The molecule has 0 aromatic heterocycles. The van der Waals surface area contributed by atoms with Crippen molar-refractivity contribution < 1.29 is 4.39 Å². The number of nitrogens with two attached hydrogens (primary N) is 1. The summed E-state index contributed by atoms with van der Waals surface area (Å²) in [7, 11) is 0. The molecule has 0 heterocycles. The highest BCUT2D eigenvalue weighted by Crippen LogP contribution is 2.29. The summed E-state index contributed by atoms with van der Waals surface area (Å²) in [5.41, 5.74) is 10.7. The predicted molar refractivity (Wildman–Crippen MR) is 82.2 cm³/mol. The Bertz CT molecular complexity index is 586. The molecule has 0 bridgehead atoms. The van der Waals surface area contributed by atoms with Gasteiger partial charge in [-0.05, 0) is 61.1 Å². The number of benzene rings is 2. The SMILES string of the molecule is CCC(N)(Cc1c(C)cccc1C)c1cccc(F)c1. The van der Waals surface area contributed by atoms with Gasteiger partial charge in [0.15, 0.2) is 0 Å². The Labute approximate surface area is 120 Å². The number of aryl methyl sites for hydroxylation is 2. The van der Waals surface area contributed by atoms with Crippen LogP contribution < -0.4 is 5.73 Å². The van der Waals surface area contributed by atoms with Crippen molar-refractivity contribution in [1.29, 1.82) is 0 Å². The molecule has 0 spiro atoms. The van der Waals surface area contributed by atoms with E-state index < -0.39 is 5.54 Å². The summed E-state index contributed by atoms with van der Waals surface area (Å²) >= 11 is 0. The third kappa shape index (κ3) is 2.91. The van der Waals surface area contributed by atoms with E-state index in [0.717, 1.165) is 18.4 Å². The largest absolute Gasteiger partial charge is 0.321 e. The van der Waals surface area contributed by atoms with E-state index in [2.05, 4.69) is 39.0 Å². The third-order valence-electron chi connectivity index (χ3n) is 4.17. The summed E-state index contributed by atoms with van der Waals surface area (Å²) in [6.45, 7) is 6.26. The van der Waals surface area contributed by atoms with Crippen LogP contribution in [-0.2, 0) is 12.0 Å². The van der Waals surface area contributed by atoms with E-state index in [4.69, 9.17) is 5.73 Å².